The molecule has 34 heavy (non-hydrogen) atoms. The predicted molar refractivity (Wildman–Crippen MR) is 125 cm³/mol. The summed E-state index contributed by atoms with van der Waals surface area (Å²) in [5, 5.41) is 2.93. The van der Waals surface area contributed by atoms with E-state index in [-0.39, 0.29) is 42.4 Å². The van der Waals surface area contributed by atoms with Crippen LogP contribution in [0.3, 0.4) is 0 Å². The Balaban J connectivity index is 1.59. The summed E-state index contributed by atoms with van der Waals surface area (Å²) in [6.07, 6.45) is 3.52. The Kier molecular flexibility index (Phi) is 7.17. The van der Waals surface area contributed by atoms with Crippen molar-refractivity contribution < 1.29 is 18.7 Å². The molecule has 3 heterocycles. The predicted octanol–water partition coefficient (Wildman–Crippen LogP) is 4.45. The molecule has 4 rings (SSSR count). The number of aromatic nitrogens is 3. The molecule has 1 aromatic carbocycles. The van der Waals surface area contributed by atoms with Crippen molar-refractivity contribution in [2.45, 2.75) is 52.3 Å². The number of carbonyl (C=O) groups is 2. The molecule has 2 atom stereocenters. The average Bonchev–Trinajstić information content (AvgIpc) is 3.23. The molecule has 0 unspecified atom stereocenters. The van der Waals surface area contributed by atoms with Gasteiger partial charge in [0.2, 0.25) is 0 Å². The molecule has 7 nitrogen and oxygen atoms in total. The third kappa shape index (κ3) is 5.07. The van der Waals surface area contributed by atoms with E-state index in [1.807, 2.05) is 11.5 Å². The van der Waals surface area contributed by atoms with Gasteiger partial charge in [0.15, 0.2) is 5.78 Å². The molecule has 0 aliphatic carbocycles. The summed E-state index contributed by atoms with van der Waals surface area (Å²) in [6, 6.07) is 9.31. The number of benzene rings is 1. The molecule has 3 aromatic rings. The Morgan fingerprint density at radius 1 is 1.15 bits per heavy atom. The van der Waals surface area contributed by atoms with Gasteiger partial charge in [0.25, 0.3) is 5.91 Å². The van der Waals surface area contributed by atoms with Gasteiger partial charge in [-0.25, -0.2) is 14.4 Å². The molecule has 8 heteroatoms. The number of nitrogens with one attached hydrogen (secondary N) is 1. The minimum Gasteiger partial charge on any atom is -0.373 e. The highest BCUT2D eigenvalue weighted by Gasteiger charge is 2.29. The van der Waals surface area contributed by atoms with Gasteiger partial charge in [-0.15, -0.1) is 0 Å². The molecule has 2 aromatic heterocycles. The molecular weight excluding hydrogens is 435 g/mol. The molecule has 0 saturated heterocycles. The standard InChI is InChI=1S/C26H29FN4O3/c1-16(2)20(18-5-7-19(27)8-6-18)14-24(32)22-13-21(23-15-34-12-11-31(22)23)26(33)30-17(3)25-28-9-4-10-29-25/h4-10,13,16-17,20H,11-12,14-15H2,1-3H3,(H,30,33)/t17-,20-/m1/s1. The lowest BCUT2D eigenvalue weighted by Crippen LogP contribution is -2.29. The van der Waals surface area contributed by atoms with Crippen LogP contribution in [0.5, 0.6) is 0 Å². The summed E-state index contributed by atoms with van der Waals surface area (Å²) in [7, 11) is 0. The van der Waals surface area contributed by atoms with Crippen LogP contribution >= 0.6 is 0 Å². The van der Waals surface area contributed by atoms with Crippen molar-refractivity contribution in [1.82, 2.24) is 19.9 Å². The van der Waals surface area contributed by atoms with E-state index in [0.29, 0.717) is 35.9 Å². The fourth-order valence-electron chi connectivity index (χ4n) is 4.38. The minimum absolute atomic E-state index is 0.0512. The lowest BCUT2D eigenvalue weighted by atomic mass is 9.84. The molecule has 0 fully saturated rings. The highest BCUT2D eigenvalue weighted by atomic mass is 19.1. The SMILES string of the molecule is CC(C)[C@@H](CC(=O)c1cc(C(=O)N[C@H](C)c2ncccn2)c2n1CCOC2)c1ccc(F)cc1. The number of hydrogen-bond donors (Lipinski definition) is 1. The molecule has 1 amide bonds. The molecule has 0 radical (unpaired) electrons. The van der Waals surface area contributed by atoms with E-state index in [0.717, 1.165) is 5.56 Å². The van der Waals surface area contributed by atoms with E-state index in [2.05, 4.69) is 29.1 Å². The van der Waals surface area contributed by atoms with Gasteiger partial charge in [0.05, 0.1) is 36.2 Å². The molecule has 0 spiro atoms. The Hall–Kier alpha value is -3.39. The number of hydrogen-bond acceptors (Lipinski definition) is 5. The number of halogens is 1. The van der Waals surface area contributed by atoms with Gasteiger partial charge in [-0.2, -0.15) is 0 Å². The molecular formula is C26H29FN4O3. The number of carbonyl (C=O) groups excluding carboxylic acids is 2. The largest absolute Gasteiger partial charge is 0.373 e. The second-order valence-electron chi connectivity index (χ2n) is 8.93. The molecule has 1 aliphatic rings. The zero-order chi connectivity index (χ0) is 24.2. The van der Waals surface area contributed by atoms with Crippen molar-refractivity contribution in [3.05, 3.63) is 82.9 Å². The highest BCUT2D eigenvalue weighted by Crippen LogP contribution is 2.31. The lowest BCUT2D eigenvalue weighted by molar-refractivity contribution is 0.0780. The highest BCUT2D eigenvalue weighted by molar-refractivity contribution is 6.01. The van der Waals surface area contributed by atoms with Crippen LogP contribution in [0, 0.1) is 11.7 Å². The maximum atomic E-state index is 13.5. The topological polar surface area (TPSA) is 86.1 Å². The third-order valence-electron chi connectivity index (χ3n) is 6.27. The van der Waals surface area contributed by atoms with Crippen LogP contribution in [0.15, 0.2) is 48.8 Å². The first-order valence-corrected chi connectivity index (χ1v) is 11.5. The Morgan fingerprint density at radius 2 is 1.85 bits per heavy atom. The van der Waals surface area contributed by atoms with Crippen LogP contribution in [0.2, 0.25) is 0 Å². The average molecular weight is 465 g/mol. The van der Waals surface area contributed by atoms with Gasteiger partial charge in [-0.3, -0.25) is 9.59 Å². The summed E-state index contributed by atoms with van der Waals surface area (Å²) in [4.78, 5) is 35.0. The van der Waals surface area contributed by atoms with Crippen molar-refractivity contribution in [3.8, 4) is 0 Å². The van der Waals surface area contributed by atoms with Crippen LogP contribution in [-0.2, 0) is 17.9 Å². The Morgan fingerprint density at radius 3 is 2.53 bits per heavy atom. The monoisotopic (exact) mass is 464 g/mol. The van der Waals surface area contributed by atoms with Crippen LogP contribution in [0.1, 0.15) is 77.1 Å². The fraction of sp³-hybridized carbons (Fsp3) is 0.385. The number of ether oxygens (including phenoxy) is 1. The van der Waals surface area contributed by atoms with E-state index in [1.165, 1.54) is 12.1 Å². The number of amides is 1. The number of fused-ring (bicyclic) bond motifs is 1. The number of Topliss-reactive ketones (excluding diaryl/α,β-unsaturated/α-hetero) is 1. The summed E-state index contributed by atoms with van der Waals surface area (Å²) in [6.45, 7) is 7.15. The van der Waals surface area contributed by atoms with Crippen molar-refractivity contribution in [2.75, 3.05) is 6.61 Å². The number of nitrogens with zero attached hydrogens (tertiary/aromatic N) is 3. The van der Waals surface area contributed by atoms with Gasteiger partial charge in [-0.1, -0.05) is 26.0 Å². The summed E-state index contributed by atoms with van der Waals surface area (Å²) in [5.41, 5.74) is 2.54. The second-order valence-corrected chi connectivity index (χ2v) is 8.93. The van der Waals surface area contributed by atoms with Crippen molar-refractivity contribution in [1.29, 1.82) is 0 Å². The van der Waals surface area contributed by atoms with Gasteiger partial charge >= 0.3 is 0 Å². The number of rotatable bonds is 8. The lowest BCUT2D eigenvalue weighted by Gasteiger charge is -2.22. The van der Waals surface area contributed by atoms with Crippen molar-refractivity contribution >= 4 is 11.7 Å². The first-order valence-electron chi connectivity index (χ1n) is 11.5. The van der Waals surface area contributed by atoms with E-state index < -0.39 is 6.04 Å². The molecule has 0 bridgehead atoms. The smallest absolute Gasteiger partial charge is 0.253 e. The van der Waals surface area contributed by atoms with Crippen LogP contribution in [-0.4, -0.2) is 32.8 Å². The normalized spacial score (nSPS) is 15.0. The van der Waals surface area contributed by atoms with Gasteiger partial charge in [-0.05, 0) is 48.6 Å². The van der Waals surface area contributed by atoms with Gasteiger partial charge < -0.3 is 14.6 Å². The quantitative estimate of drug-likeness (QED) is 0.498. The zero-order valence-corrected chi connectivity index (χ0v) is 19.6. The summed E-state index contributed by atoms with van der Waals surface area (Å²) < 4.78 is 20.9. The molecule has 1 N–H and O–H groups in total. The molecule has 0 saturated carbocycles. The maximum Gasteiger partial charge on any atom is 0.253 e. The summed E-state index contributed by atoms with van der Waals surface area (Å²) in [5.74, 6) is -0.0221. The molecule has 1 aliphatic heterocycles. The first-order chi connectivity index (χ1) is 16.3. The Bertz CT molecular complexity index is 1160. The van der Waals surface area contributed by atoms with Gasteiger partial charge in [0, 0.05) is 25.4 Å². The van der Waals surface area contributed by atoms with Crippen LogP contribution in [0.25, 0.3) is 0 Å². The zero-order valence-electron chi connectivity index (χ0n) is 19.6. The fourth-order valence-corrected chi connectivity index (χ4v) is 4.38. The minimum atomic E-state index is -0.392. The third-order valence-corrected chi connectivity index (χ3v) is 6.27. The van der Waals surface area contributed by atoms with Gasteiger partial charge in [0.1, 0.15) is 11.6 Å². The second kappa shape index (κ2) is 10.3. The van der Waals surface area contributed by atoms with Crippen LogP contribution in [0.4, 0.5) is 4.39 Å². The van der Waals surface area contributed by atoms with Crippen molar-refractivity contribution in [2.24, 2.45) is 5.92 Å². The van der Waals surface area contributed by atoms with E-state index in [1.54, 1.807) is 36.7 Å². The summed E-state index contributed by atoms with van der Waals surface area (Å²) >= 11 is 0. The maximum absolute atomic E-state index is 13.5. The number of ketones is 1. The van der Waals surface area contributed by atoms with E-state index >= 15 is 0 Å². The van der Waals surface area contributed by atoms with E-state index in [9.17, 15) is 14.0 Å². The molecule has 178 valence electrons. The van der Waals surface area contributed by atoms with E-state index in [4.69, 9.17) is 4.74 Å². The van der Waals surface area contributed by atoms with Crippen molar-refractivity contribution in [3.63, 3.8) is 0 Å². The first kappa shape index (κ1) is 23.8. The van der Waals surface area contributed by atoms with Crippen LogP contribution < -0.4 is 5.32 Å². The Labute approximate surface area is 198 Å².